The molecule has 0 amide bonds. The molecule has 158 valence electrons. The molecule has 0 saturated heterocycles. The average Bonchev–Trinajstić information content (AvgIpc) is 2.70. The van der Waals surface area contributed by atoms with Gasteiger partial charge in [-0.25, -0.2) is 9.59 Å². The van der Waals surface area contributed by atoms with Gasteiger partial charge in [-0.15, -0.1) is 0 Å². The minimum absolute atomic E-state index is 0.246. The molecule has 0 aliphatic rings. The third-order valence-corrected chi connectivity index (χ3v) is 4.28. The molecule has 0 atom stereocenters. The van der Waals surface area contributed by atoms with Crippen molar-refractivity contribution in [2.24, 2.45) is 0 Å². The number of hydrogen-bond acceptors (Lipinski definition) is 7. The maximum absolute atomic E-state index is 12.8. The Hall–Kier alpha value is -3.48. The first-order chi connectivity index (χ1) is 14.5. The van der Waals surface area contributed by atoms with E-state index in [0.29, 0.717) is 42.7 Å². The van der Waals surface area contributed by atoms with Crippen molar-refractivity contribution in [1.29, 1.82) is 0 Å². The Labute approximate surface area is 174 Å². The Morgan fingerprint density at radius 2 is 1.53 bits per heavy atom. The van der Waals surface area contributed by atoms with Crippen LogP contribution in [-0.2, 0) is 0 Å². The van der Waals surface area contributed by atoms with Crippen molar-refractivity contribution in [3.8, 4) is 23.0 Å². The highest BCUT2D eigenvalue weighted by Crippen LogP contribution is 2.39. The molecular weight excluding hydrogens is 388 g/mol. The monoisotopic (exact) mass is 412 g/mol. The van der Waals surface area contributed by atoms with Crippen LogP contribution >= 0.6 is 0 Å². The zero-order valence-electron chi connectivity index (χ0n) is 17.4. The lowest BCUT2D eigenvalue weighted by Crippen LogP contribution is -2.11. The van der Waals surface area contributed by atoms with Gasteiger partial charge in [0, 0.05) is 17.5 Å². The summed E-state index contributed by atoms with van der Waals surface area (Å²) in [6.07, 6.45) is 0. The van der Waals surface area contributed by atoms with E-state index in [1.165, 1.54) is 12.1 Å². The minimum Gasteiger partial charge on any atom is -0.490 e. The third kappa shape index (κ3) is 4.56. The number of benzene rings is 2. The summed E-state index contributed by atoms with van der Waals surface area (Å²) in [7, 11) is 0. The fourth-order valence-electron chi connectivity index (χ4n) is 3.04. The molecule has 30 heavy (non-hydrogen) atoms. The molecular formula is C23H24O7. The minimum atomic E-state index is -0.602. The van der Waals surface area contributed by atoms with E-state index in [2.05, 4.69) is 0 Å². The van der Waals surface area contributed by atoms with Crippen molar-refractivity contribution in [3.05, 3.63) is 57.9 Å². The molecule has 0 spiro atoms. The van der Waals surface area contributed by atoms with E-state index in [0.717, 1.165) is 10.9 Å². The lowest BCUT2D eigenvalue weighted by molar-refractivity contribution is 0.0733. The smallest absolute Gasteiger partial charge is 0.343 e. The van der Waals surface area contributed by atoms with Gasteiger partial charge in [-0.1, -0.05) is 0 Å². The summed E-state index contributed by atoms with van der Waals surface area (Å²) >= 11 is 0. The second kappa shape index (κ2) is 9.35. The van der Waals surface area contributed by atoms with Gasteiger partial charge in [0.05, 0.1) is 25.4 Å². The summed E-state index contributed by atoms with van der Waals surface area (Å²) in [6.45, 7) is 8.56. The predicted octanol–water partition coefficient (Wildman–Crippen LogP) is 4.52. The predicted molar refractivity (Wildman–Crippen MR) is 112 cm³/mol. The van der Waals surface area contributed by atoms with Crippen molar-refractivity contribution >= 4 is 16.9 Å². The number of aryl methyl sites for hydroxylation is 1. The molecule has 0 bridgehead atoms. The van der Waals surface area contributed by atoms with Crippen molar-refractivity contribution in [3.63, 3.8) is 0 Å². The molecule has 7 nitrogen and oxygen atoms in total. The van der Waals surface area contributed by atoms with Crippen molar-refractivity contribution in [2.75, 3.05) is 19.8 Å². The highest BCUT2D eigenvalue weighted by atomic mass is 16.5. The SMILES string of the molecule is CCOc1cc(C(=O)Oc2ccc3c(C)cc(=O)oc3c2)cc(OCC)c1OCC. The van der Waals surface area contributed by atoms with Gasteiger partial charge in [-0.2, -0.15) is 0 Å². The highest BCUT2D eigenvalue weighted by molar-refractivity contribution is 5.93. The van der Waals surface area contributed by atoms with Gasteiger partial charge in [-0.3, -0.25) is 0 Å². The summed E-state index contributed by atoms with van der Waals surface area (Å²) in [5.41, 5.74) is 0.921. The number of hydrogen-bond donors (Lipinski definition) is 0. The van der Waals surface area contributed by atoms with Crippen LogP contribution < -0.4 is 24.6 Å². The molecule has 3 rings (SSSR count). The molecule has 0 N–H and O–H groups in total. The fraction of sp³-hybridized carbons (Fsp3) is 0.304. The van der Waals surface area contributed by atoms with E-state index in [1.54, 1.807) is 24.3 Å². The molecule has 0 radical (unpaired) electrons. The zero-order chi connectivity index (χ0) is 21.7. The van der Waals surface area contributed by atoms with Gasteiger partial charge in [0.15, 0.2) is 11.5 Å². The number of fused-ring (bicyclic) bond motifs is 1. The van der Waals surface area contributed by atoms with Gasteiger partial charge in [0.25, 0.3) is 0 Å². The first-order valence-electron chi connectivity index (χ1n) is 9.79. The van der Waals surface area contributed by atoms with Gasteiger partial charge < -0.3 is 23.4 Å². The van der Waals surface area contributed by atoms with E-state index in [-0.39, 0.29) is 11.3 Å². The summed E-state index contributed by atoms with van der Waals surface area (Å²) in [5.74, 6) is 0.899. The van der Waals surface area contributed by atoms with Crippen molar-refractivity contribution in [1.82, 2.24) is 0 Å². The van der Waals surface area contributed by atoms with Crippen molar-refractivity contribution in [2.45, 2.75) is 27.7 Å². The summed E-state index contributed by atoms with van der Waals surface area (Å²) < 4.78 is 27.6. The lowest BCUT2D eigenvalue weighted by atomic mass is 10.1. The van der Waals surface area contributed by atoms with E-state index >= 15 is 0 Å². The standard InChI is InChI=1S/C23H24O7/c1-5-26-19-11-15(12-20(27-6-2)22(19)28-7-3)23(25)29-16-8-9-17-14(4)10-21(24)30-18(17)13-16/h8-13H,5-7H2,1-4H3. The van der Waals surface area contributed by atoms with Crippen LogP contribution in [0, 0.1) is 6.92 Å². The quantitative estimate of drug-likeness (QED) is 0.306. The van der Waals surface area contributed by atoms with E-state index in [9.17, 15) is 9.59 Å². The van der Waals surface area contributed by atoms with Gasteiger partial charge >= 0.3 is 11.6 Å². The molecule has 0 aliphatic carbocycles. The molecule has 2 aromatic carbocycles. The molecule has 0 saturated carbocycles. The summed E-state index contributed by atoms with van der Waals surface area (Å²) in [5, 5.41) is 0.771. The molecule has 3 aromatic rings. The van der Waals surface area contributed by atoms with E-state index in [4.69, 9.17) is 23.4 Å². The number of esters is 1. The van der Waals surface area contributed by atoms with Crippen LogP contribution in [0.25, 0.3) is 11.0 Å². The normalized spacial score (nSPS) is 10.7. The Morgan fingerprint density at radius 3 is 2.13 bits per heavy atom. The van der Waals surface area contributed by atoms with Crippen LogP contribution in [0.2, 0.25) is 0 Å². The van der Waals surface area contributed by atoms with Crippen LogP contribution in [0.4, 0.5) is 0 Å². The Morgan fingerprint density at radius 1 is 0.900 bits per heavy atom. The summed E-state index contributed by atoms with van der Waals surface area (Å²) in [4.78, 5) is 24.4. The maximum atomic E-state index is 12.8. The largest absolute Gasteiger partial charge is 0.490 e. The molecule has 1 heterocycles. The van der Waals surface area contributed by atoms with Crippen LogP contribution in [0.5, 0.6) is 23.0 Å². The Balaban J connectivity index is 1.96. The highest BCUT2D eigenvalue weighted by Gasteiger charge is 2.20. The zero-order valence-corrected chi connectivity index (χ0v) is 17.4. The first-order valence-corrected chi connectivity index (χ1v) is 9.79. The van der Waals surface area contributed by atoms with Crippen molar-refractivity contribution < 1.29 is 28.2 Å². The maximum Gasteiger partial charge on any atom is 0.343 e. The second-order valence-electron chi connectivity index (χ2n) is 6.40. The second-order valence-corrected chi connectivity index (χ2v) is 6.40. The number of carbonyl (C=O) groups excluding carboxylic acids is 1. The Kier molecular flexibility index (Phi) is 6.61. The first kappa shape index (κ1) is 21.2. The fourth-order valence-corrected chi connectivity index (χ4v) is 3.04. The van der Waals surface area contributed by atoms with E-state index < -0.39 is 11.6 Å². The van der Waals surface area contributed by atoms with Gasteiger partial charge in [0.1, 0.15) is 11.3 Å². The molecule has 0 fully saturated rings. The molecule has 1 aromatic heterocycles. The number of carbonyl (C=O) groups is 1. The van der Waals surface area contributed by atoms with E-state index in [1.807, 2.05) is 27.7 Å². The molecule has 0 unspecified atom stereocenters. The third-order valence-electron chi connectivity index (χ3n) is 4.28. The topological polar surface area (TPSA) is 84.2 Å². The van der Waals surface area contributed by atoms with Crippen LogP contribution in [0.3, 0.4) is 0 Å². The Bertz CT molecular complexity index is 1090. The molecule has 0 aliphatic heterocycles. The summed E-state index contributed by atoms with van der Waals surface area (Å²) in [6, 6.07) is 9.44. The number of ether oxygens (including phenoxy) is 4. The van der Waals surface area contributed by atoms with Crippen LogP contribution in [0.15, 0.2) is 45.6 Å². The van der Waals surface area contributed by atoms with Gasteiger partial charge in [-0.05, 0) is 57.5 Å². The van der Waals surface area contributed by atoms with Gasteiger partial charge in [0.2, 0.25) is 5.75 Å². The average molecular weight is 412 g/mol. The molecule has 7 heteroatoms. The number of rotatable bonds is 8. The lowest BCUT2D eigenvalue weighted by Gasteiger charge is -2.16. The van der Waals surface area contributed by atoms with Crippen LogP contribution in [0.1, 0.15) is 36.7 Å². The van der Waals surface area contributed by atoms with Crippen LogP contribution in [-0.4, -0.2) is 25.8 Å².